The van der Waals surface area contributed by atoms with Gasteiger partial charge in [-0.2, -0.15) is 10.4 Å². The van der Waals surface area contributed by atoms with Crippen LogP contribution in [0.1, 0.15) is 25.6 Å². The highest BCUT2D eigenvalue weighted by atomic mass is 16.8. The predicted molar refractivity (Wildman–Crippen MR) is 80.5 cm³/mol. The molecule has 3 N–H and O–H groups in total. The average Bonchev–Trinajstić information content (AvgIpc) is 3.18. The Kier molecular flexibility index (Phi) is 3.10. The second-order valence-corrected chi connectivity index (χ2v) is 6.42. The summed E-state index contributed by atoms with van der Waals surface area (Å²) in [7, 11) is 0. The van der Waals surface area contributed by atoms with Gasteiger partial charge >= 0.3 is 0 Å². The molecule has 9 nitrogen and oxygen atoms in total. The quantitative estimate of drug-likeness (QED) is 0.796. The van der Waals surface area contributed by atoms with E-state index < -0.39 is 36.3 Å². The Labute approximate surface area is 137 Å². The molecule has 126 valence electrons. The van der Waals surface area contributed by atoms with E-state index in [0.29, 0.717) is 17.0 Å². The van der Waals surface area contributed by atoms with Crippen molar-refractivity contribution < 1.29 is 19.3 Å². The Morgan fingerprint density at radius 1 is 1.38 bits per heavy atom. The third kappa shape index (κ3) is 1.94. The third-order valence-electron chi connectivity index (χ3n) is 4.45. The van der Waals surface area contributed by atoms with Crippen LogP contribution >= 0.6 is 0 Å². The highest BCUT2D eigenvalue weighted by Crippen LogP contribution is 2.49. The van der Waals surface area contributed by atoms with Crippen LogP contribution in [0.25, 0.3) is 5.52 Å². The summed E-state index contributed by atoms with van der Waals surface area (Å²) in [4.78, 5) is 3.95. The standard InChI is InChI=1S/C15H17N5O4/c1-14(2)22-11-10(23-15(5-16,6-21)12(11)24-14)8-3-4-9-13(17)18-7-19-20(8)9/h3-4,7,10-12,21H,6H2,1-2H3,(H2,17,18,19)/t10-,11-,12-,15+/m0/s1. The number of aliphatic hydroxyl groups excluding tert-OH is 1. The van der Waals surface area contributed by atoms with Crippen LogP contribution in [0.15, 0.2) is 18.5 Å². The van der Waals surface area contributed by atoms with Crippen molar-refractivity contribution in [2.24, 2.45) is 0 Å². The molecule has 4 atom stereocenters. The summed E-state index contributed by atoms with van der Waals surface area (Å²) >= 11 is 0. The molecule has 2 aliphatic rings. The van der Waals surface area contributed by atoms with Gasteiger partial charge in [-0.15, -0.1) is 0 Å². The fourth-order valence-electron chi connectivity index (χ4n) is 3.40. The molecule has 2 aromatic heterocycles. The molecule has 24 heavy (non-hydrogen) atoms. The van der Waals surface area contributed by atoms with Crippen molar-refractivity contribution in [3.05, 3.63) is 24.2 Å². The number of nitrogens with two attached hydrogens (primary N) is 1. The first-order valence-corrected chi connectivity index (χ1v) is 7.54. The van der Waals surface area contributed by atoms with Crippen LogP contribution in [0, 0.1) is 11.3 Å². The SMILES string of the molecule is CC1(C)O[C@H]2[C@H](c3ccc4c(N)ncnn34)O[C@](C#N)(CO)[C@H]2O1. The van der Waals surface area contributed by atoms with Gasteiger partial charge in [0.1, 0.15) is 36.2 Å². The van der Waals surface area contributed by atoms with Crippen molar-refractivity contribution in [2.75, 3.05) is 12.3 Å². The van der Waals surface area contributed by atoms with Crippen molar-refractivity contribution in [3.8, 4) is 6.07 Å². The van der Waals surface area contributed by atoms with Crippen molar-refractivity contribution >= 4 is 11.3 Å². The molecule has 0 aliphatic carbocycles. The summed E-state index contributed by atoms with van der Waals surface area (Å²) in [5, 5.41) is 23.6. The molecular weight excluding hydrogens is 314 g/mol. The highest BCUT2D eigenvalue weighted by Gasteiger charge is 2.64. The van der Waals surface area contributed by atoms with Crippen molar-refractivity contribution in [1.82, 2.24) is 14.6 Å². The lowest BCUT2D eigenvalue weighted by Crippen LogP contribution is -2.45. The van der Waals surface area contributed by atoms with E-state index in [1.54, 1.807) is 30.5 Å². The van der Waals surface area contributed by atoms with Crippen LogP contribution < -0.4 is 5.73 Å². The van der Waals surface area contributed by atoms with Crippen LogP contribution in [0.3, 0.4) is 0 Å². The van der Waals surface area contributed by atoms with Gasteiger partial charge in [0.15, 0.2) is 11.6 Å². The molecule has 0 aromatic carbocycles. The molecule has 4 rings (SSSR count). The number of rotatable bonds is 2. The minimum atomic E-state index is -1.49. The van der Waals surface area contributed by atoms with Gasteiger partial charge < -0.3 is 25.1 Å². The molecule has 2 aliphatic heterocycles. The third-order valence-corrected chi connectivity index (χ3v) is 4.45. The maximum absolute atomic E-state index is 9.77. The second kappa shape index (κ2) is 4.87. The molecule has 0 saturated carbocycles. The van der Waals surface area contributed by atoms with E-state index in [0.717, 1.165) is 0 Å². The minimum Gasteiger partial charge on any atom is -0.392 e. The smallest absolute Gasteiger partial charge is 0.206 e. The zero-order valence-electron chi connectivity index (χ0n) is 13.2. The Bertz CT molecular complexity index is 844. The van der Waals surface area contributed by atoms with E-state index in [2.05, 4.69) is 10.1 Å². The van der Waals surface area contributed by atoms with E-state index >= 15 is 0 Å². The summed E-state index contributed by atoms with van der Waals surface area (Å²) in [6.45, 7) is 3.03. The molecule has 0 unspecified atom stereocenters. The van der Waals surface area contributed by atoms with Crippen LogP contribution in [0.4, 0.5) is 5.82 Å². The van der Waals surface area contributed by atoms with Crippen LogP contribution in [0.5, 0.6) is 0 Å². The first-order valence-electron chi connectivity index (χ1n) is 7.54. The maximum Gasteiger partial charge on any atom is 0.206 e. The van der Waals surface area contributed by atoms with E-state index in [1.807, 2.05) is 6.07 Å². The van der Waals surface area contributed by atoms with Crippen LogP contribution in [-0.2, 0) is 14.2 Å². The summed E-state index contributed by atoms with van der Waals surface area (Å²) in [5.74, 6) is -0.543. The lowest BCUT2D eigenvalue weighted by molar-refractivity contribution is -0.205. The van der Waals surface area contributed by atoms with Gasteiger partial charge in [-0.25, -0.2) is 9.50 Å². The minimum absolute atomic E-state index is 0.337. The van der Waals surface area contributed by atoms with Gasteiger partial charge in [-0.1, -0.05) is 0 Å². The molecule has 9 heteroatoms. The monoisotopic (exact) mass is 331 g/mol. The summed E-state index contributed by atoms with van der Waals surface area (Å²) in [6.07, 6.45) is -0.559. The number of hydrogen-bond donors (Lipinski definition) is 2. The fourth-order valence-corrected chi connectivity index (χ4v) is 3.40. The van der Waals surface area contributed by atoms with Crippen molar-refractivity contribution in [3.63, 3.8) is 0 Å². The Morgan fingerprint density at radius 3 is 2.88 bits per heavy atom. The lowest BCUT2D eigenvalue weighted by atomic mass is 9.96. The number of aromatic nitrogens is 3. The highest BCUT2D eigenvalue weighted by molar-refractivity contribution is 5.65. The van der Waals surface area contributed by atoms with E-state index in [-0.39, 0.29) is 0 Å². The molecular formula is C15H17N5O4. The number of nitrogen functional groups attached to an aromatic ring is 1. The predicted octanol–water partition coefficient (Wildman–Crippen LogP) is 0.158. The lowest BCUT2D eigenvalue weighted by Gasteiger charge is -2.27. The Morgan fingerprint density at radius 2 is 2.17 bits per heavy atom. The second-order valence-electron chi connectivity index (χ2n) is 6.42. The normalized spacial score (nSPS) is 34.3. The fraction of sp³-hybridized carbons (Fsp3) is 0.533. The average molecular weight is 331 g/mol. The number of nitrogens with zero attached hydrogens (tertiary/aromatic N) is 4. The van der Waals surface area contributed by atoms with Gasteiger partial charge in [0, 0.05) is 0 Å². The molecule has 4 heterocycles. The van der Waals surface area contributed by atoms with Crippen LogP contribution in [0.2, 0.25) is 0 Å². The summed E-state index contributed by atoms with van der Waals surface area (Å²) < 4.78 is 19.3. The number of aliphatic hydroxyl groups is 1. The molecule has 0 spiro atoms. The molecule has 0 bridgehead atoms. The van der Waals surface area contributed by atoms with Gasteiger partial charge in [-0.3, -0.25) is 0 Å². The first-order chi connectivity index (χ1) is 11.4. The van der Waals surface area contributed by atoms with Gasteiger partial charge in [-0.05, 0) is 26.0 Å². The van der Waals surface area contributed by atoms with Gasteiger partial charge in [0.25, 0.3) is 0 Å². The van der Waals surface area contributed by atoms with E-state index in [9.17, 15) is 10.4 Å². The molecule has 2 aromatic rings. The Balaban J connectivity index is 1.83. The van der Waals surface area contributed by atoms with Gasteiger partial charge in [0.2, 0.25) is 5.60 Å². The Hall–Kier alpha value is -2.25. The maximum atomic E-state index is 9.77. The number of nitriles is 1. The number of ether oxygens (including phenoxy) is 3. The van der Waals surface area contributed by atoms with E-state index in [1.165, 1.54) is 6.33 Å². The zero-order chi connectivity index (χ0) is 17.1. The molecule has 2 fully saturated rings. The first kappa shape index (κ1) is 15.3. The zero-order valence-corrected chi connectivity index (χ0v) is 13.2. The molecule has 2 saturated heterocycles. The van der Waals surface area contributed by atoms with Crippen LogP contribution in [-0.4, -0.2) is 49.9 Å². The van der Waals surface area contributed by atoms with Crippen molar-refractivity contribution in [1.29, 1.82) is 5.26 Å². The van der Waals surface area contributed by atoms with Crippen molar-refractivity contribution in [2.45, 2.75) is 43.5 Å². The largest absolute Gasteiger partial charge is 0.392 e. The summed E-state index contributed by atoms with van der Waals surface area (Å²) in [6, 6.07) is 5.61. The van der Waals surface area contributed by atoms with Gasteiger partial charge in [0.05, 0.1) is 12.3 Å². The number of anilines is 1. The number of fused-ring (bicyclic) bond motifs is 2. The summed E-state index contributed by atoms with van der Waals surface area (Å²) in [5.41, 5.74) is 5.65. The molecule has 0 amide bonds. The number of hydrogen-bond acceptors (Lipinski definition) is 8. The van der Waals surface area contributed by atoms with E-state index in [4.69, 9.17) is 19.9 Å². The topological polar surface area (TPSA) is 128 Å². The molecule has 0 radical (unpaired) electrons.